The summed E-state index contributed by atoms with van der Waals surface area (Å²) in [5.74, 6) is 0. The van der Waals surface area contributed by atoms with Crippen molar-refractivity contribution in [2.75, 3.05) is 19.8 Å². The number of rotatable bonds is 4. The summed E-state index contributed by atoms with van der Waals surface area (Å²) in [5.41, 5.74) is -0.245. The number of aldehydes is 1. The summed E-state index contributed by atoms with van der Waals surface area (Å²) in [6.07, 6.45) is 2.76. The largest absolute Gasteiger partial charge is 0.376 e. The molecular weight excluding hydrogens is 168 g/mol. The van der Waals surface area contributed by atoms with Gasteiger partial charge >= 0.3 is 0 Å². The van der Waals surface area contributed by atoms with Crippen LogP contribution < -0.4 is 0 Å². The molecule has 2 unspecified atom stereocenters. The summed E-state index contributed by atoms with van der Waals surface area (Å²) in [5, 5.41) is 0. The fourth-order valence-corrected chi connectivity index (χ4v) is 1.45. The normalized spacial score (nSPS) is 28.0. The summed E-state index contributed by atoms with van der Waals surface area (Å²) >= 11 is 0. The molecule has 2 atom stereocenters. The first-order valence-corrected chi connectivity index (χ1v) is 4.86. The summed E-state index contributed by atoms with van der Waals surface area (Å²) in [6.45, 7) is 5.96. The molecule has 76 valence electrons. The van der Waals surface area contributed by atoms with E-state index >= 15 is 0 Å². The number of hydrogen-bond acceptors (Lipinski definition) is 3. The quantitative estimate of drug-likeness (QED) is 0.623. The predicted molar refractivity (Wildman–Crippen MR) is 49.6 cm³/mol. The highest BCUT2D eigenvalue weighted by atomic mass is 16.6. The maximum atomic E-state index is 10.8. The molecule has 0 spiro atoms. The van der Waals surface area contributed by atoms with E-state index in [0.29, 0.717) is 19.8 Å². The Morgan fingerprint density at radius 2 is 2.31 bits per heavy atom. The number of carbonyl (C=O) groups is 1. The third kappa shape index (κ3) is 3.08. The summed E-state index contributed by atoms with van der Waals surface area (Å²) in [6, 6.07) is 0. The molecule has 1 fully saturated rings. The molecule has 3 nitrogen and oxygen atoms in total. The molecule has 1 aliphatic heterocycles. The van der Waals surface area contributed by atoms with Crippen LogP contribution in [0.15, 0.2) is 0 Å². The highest BCUT2D eigenvalue weighted by molar-refractivity contribution is 5.58. The molecule has 0 bridgehead atoms. The van der Waals surface area contributed by atoms with E-state index in [1.807, 2.05) is 13.8 Å². The monoisotopic (exact) mass is 186 g/mol. The van der Waals surface area contributed by atoms with Crippen LogP contribution in [0.5, 0.6) is 0 Å². The highest BCUT2D eigenvalue weighted by Crippen LogP contribution is 2.26. The second-order valence-corrected chi connectivity index (χ2v) is 3.90. The molecule has 0 radical (unpaired) electrons. The van der Waals surface area contributed by atoms with Crippen LogP contribution in [0.25, 0.3) is 0 Å². The topological polar surface area (TPSA) is 35.5 Å². The third-order valence-electron chi connectivity index (χ3n) is 2.67. The van der Waals surface area contributed by atoms with Crippen LogP contribution in [0.3, 0.4) is 0 Å². The Kier molecular flexibility index (Phi) is 3.88. The molecule has 3 heteroatoms. The first-order valence-electron chi connectivity index (χ1n) is 4.86. The van der Waals surface area contributed by atoms with Gasteiger partial charge in [-0.15, -0.1) is 0 Å². The maximum absolute atomic E-state index is 10.8. The zero-order valence-corrected chi connectivity index (χ0v) is 8.41. The molecule has 0 amide bonds. The van der Waals surface area contributed by atoms with Gasteiger partial charge < -0.3 is 14.3 Å². The minimum Gasteiger partial charge on any atom is -0.376 e. The van der Waals surface area contributed by atoms with Gasteiger partial charge in [-0.25, -0.2) is 0 Å². The van der Waals surface area contributed by atoms with Crippen LogP contribution in [0.1, 0.15) is 26.7 Å². The zero-order valence-electron chi connectivity index (χ0n) is 8.41. The standard InChI is InChI=1S/C10H18O3/c1-3-10(2,8-11)6-9-7-12-4-5-13-9/h8-9H,3-7H2,1-2H3. The van der Waals surface area contributed by atoms with Gasteiger partial charge in [-0.05, 0) is 12.8 Å². The fourth-order valence-electron chi connectivity index (χ4n) is 1.45. The van der Waals surface area contributed by atoms with E-state index in [2.05, 4.69) is 0 Å². The van der Waals surface area contributed by atoms with E-state index in [1.165, 1.54) is 0 Å². The van der Waals surface area contributed by atoms with Gasteiger partial charge in [0.05, 0.1) is 25.9 Å². The lowest BCUT2D eigenvalue weighted by Crippen LogP contribution is -2.34. The minimum absolute atomic E-state index is 0.101. The fraction of sp³-hybridized carbons (Fsp3) is 0.900. The predicted octanol–water partition coefficient (Wildman–Crippen LogP) is 1.41. The van der Waals surface area contributed by atoms with E-state index in [0.717, 1.165) is 19.1 Å². The summed E-state index contributed by atoms with van der Waals surface area (Å²) in [4.78, 5) is 10.8. The van der Waals surface area contributed by atoms with Crippen LogP contribution in [0.4, 0.5) is 0 Å². The van der Waals surface area contributed by atoms with Crippen molar-refractivity contribution in [2.45, 2.75) is 32.8 Å². The van der Waals surface area contributed by atoms with Gasteiger partial charge in [0, 0.05) is 5.41 Å². The number of carbonyl (C=O) groups excluding carboxylic acids is 1. The smallest absolute Gasteiger partial charge is 0.125 e. The lowest BCUT2D eigenvalue weighted by Gasteiger charge is -2.29. The lowest BCUT2D eigenvalue weighted by molar-refractivity contribution is -0.125. The number of hydrogen-bond donors (Lipinski definition) is 0. The van der Waals surface area contributed by atoms with Crippen molar-refractivity contribution in [2.24, 2.45) is 5.41 Å². The van der Waals surface area contributed by atoms with Crippen molar-refractivity contribution in [3.05, 3.63) is 0 Å². The summed E-state index contributed by atoms with van der Waals surface area (Å²) < 4.78 is 10.8. The van der Waals surface area contributed by atoms with Crippen molar-refractivity contribution in [1.82, 2.24) is 0 Å². The average molecular weight is 186 g/mol. The van der Waals surface area contributed by atoms with Crippen LogP contribution in [0, 0.1) is 5.41 Å². The Labute approximate surface area is 79.4 Å². The van der Waals surface area contributed by atoms with E-state index < -0.39 is 0 Å². The van der Waals surface area contributed by atoms with Crippen molar-refractivity contribution >= 4 is 6.29 Å². The van der Waals surface area contributed by atoms with Gasteiger partial charge in [0.2, 0.25) is 0 Å². The number of ether oxygens (including phenoxy) is 2. The Bertz CT molecular complexity index is 164. The Morgan fingerprint density at radius 3 is 2.77 bits per heavy atom. The van der Waals surface area contributed by atoms with E-state index in [9.17, 15) is 4.79 Å². The SMILES string of the molecule is CCC(C)(C=O)CC1COCCO1. The van der Waals surface area contributed by atoms with Gasteiger partial charge in [0.1, 0.15) is 6.29 Å². The average Bonchev–Trinajstić information content (AvgIpc) is 2.19. The lowest BCUT2D eigenvalue weighted by atomic mass is 9.83. The van der Waals surface area contributed by atoms with E-state index in [-0.39, 0.29) is 11.5 Å². The molecule has 13 heavy (non-hydrogen) atoms. The molecule has 0 aromatic carbocycles. The third-order valence-corrected chi connectivity index (χ3v) is 2.67. The molecule has 0 N–H and O–H groups in total. The van der Waals surface area contributed by atoms with Crippen LogP contribution in [-0.2, 0) is 14.3 Å². The van der Waals surface area contributed by atoms with E-state index in [1.54, 1.807) is 0 Å². The van der Waals surface area contributed by atoms with Crippen LogP contribution in [-0.4, -0.2) is 32.2 Å². The minimum atomic E-state index is -0.245. The Balaban J connectivity index is 2.40. The molecule has 1 aliphatic rings. The second-order valence-electron chi connectivity index (χ2n) is 3.90. The van der Waals surface area contributed by atoms with Gasteiger partial charge in [-0.2, -0.15) is 0 Å². The van der Waals surface area contributed by atoms with E-state index in [4.69, 9.17) is 9.47 Å². The Hall–Kier alpha value is -0.410. The van der Waals surface area contributed by atoms with Crippen LogP contribution in [0.2, 0.25) is 0 Å². The van der Waals surface area contributed by atoms with Crippen LogP contribution >= 0.6 is 0 Å². The van der Waals surface area contributed by atoms with Gasteiger partial charge in [-0.3, -0.25) is 0 Å². The molecule has 1 heterocycles. The highest BCUT2D eigenvalue weighted by Gasteiger charge is 2.27. The molecule has 1 rings (SSSR count). The van der Waals surface area contributed by atoms with Crippen molar-refractivity contribution in [3.63, 3.8) is 0 Å². The van der Waals surface area contributed by atoms with Crippen molar-refractivity contribution in [3.8, 4) is 0 Å². The molecule has 0 aromatic heterocycles. The molecule has 0 saturated carbocycles. The molecule has 0 aliphatic carbocycles. The molecular formula is C10H18O3. The van der Waals surface area contributed by atoms with Gasteiger partial charge in [0.15, 0.2) is 0 Å². The summed E-state index contributed by atoms with van der Waals surface area (Å²) in [7, 11) is 0. The first kappa shape index (κ1) is 10.7. The maximum Gasteiger partial charge on any atom is 0.125 e. The Morgan fingerprint density at radius 1 is 1.54 bits per heavy atom. The van der Waals surface area contributed by atoms with Gasteiger partial charge in [0.25, 0.3) is 0 Å². The molecule has 1 saturated heterocycles. The van der Waals surface area contributed by atoms with Crippen molar-refractivity contribution in [1.29, 1.82) is 0 Å². The first-order chi connectivity index (χ1) is 6.20. The zero-order chi connectivity index (χ0) is 9.73. The van der Waals surface area contributed by atoms with Crippen molar-refractivity contribution < 1.29 is 14.3 Å². The molecule has 0 aromatic rings. The second kappa shape index (κ2) is 4.72. The van der Waals surface area contributed by atoms with Gasteiger partial charge in [-0.1, -0.05) is 13.8 Å².